The minimum atomic E-state index is 0.0556. The molecule has 0 fully saturated rings. The standard InChI is InChI=1S/C15H22O2/c1-8(2)11-6-5-9(3)13-12(11)7-10(4)14(16)15(13)17/h7-9,11,16-17H,5-6H2,1-4H3/t9-,11-/m1/s1. The molecule has 2 nitrogen and oxygen atoms in total. The van der Waals surface area contributed by atoms with E-state index in [-0.39, 0.29) is 11.5 Å². The molecule has 0 radical (unpaired) electrons. The van der Waals surface area contributed by atoms with Gasteiger partial charge in [-0.2, -0.15) is 0 Å². The van der Waals surface area contributed by atoms with E-state index < -0.39 is 0 Å². The van der Waals surface area contributed by atoms with E-state index in [1.54, 1.807) is 0 Å². The Labute approximate surface area is 103 Å². The molecular formula is C15H22O2. The predicted octanol–water partition coefficient (Wildman–Crippen LogP) is 4.04. The molecule has 1 aromatic carbocycles. The van der Waals surface area contributed by atoms with Gasteiger partial charge in [0.2, 0.25) is 0 Å². The second-order valence-corrected chi connectivity index (χ2v) is 5.72. The third-order valence-corrected chi connectivity index (χ3v) is 4.14. The maximum absolute atomic E-state index is 10.1. The molecule has 1 aliphatic rings. The summed E-state index contributed by atoms with van der Waals surface area (Å²) in [5.74, 6) is 1.58. The van der Waals surface area contributed by atoms with Gasteiger partial charge in [-0.1, -0.05) is 26.8 Å². The van der Waals surface area contributed by atoms with Crippen molar-refractivity contribution >= 4 is 0 Å². The zero-order valence-electron chi connectivity index (χ0n) is 11.1. The number of phenols is 2. The highest BCUT2D eigenvalue weighted by Crippen LogP contribution is 2.49. The van der Waals surface area contributed by atoms with Gasteiger partial charge in [0.05, 0.1) is 0 Å². The zero-order chi connectivity index (χ0) is 12.7. The molecule has 2 N–H and O–H groups in total. The average Bonchev–Trinajstić information content (AvgIpc) is 2.25. The summed E-state index contributed by atoms with van der Waals surface area (Å²) in [5.41, 5.74) is 2.99. The fourth-order valence-electron chi connectivity index (χ4n) is 3.08. The van der Waals surface area contributed by atoms with Crippen molar-refractivity contribution in [1.82, 2.24) is 0 Å². The lowest BCUT2D eigenvalue weighted by Gasteiger charge is -2.33. The van der Waals surface area contributed by atoms with Crippen LogP contribution in [0.25, 0.3) is 0 Å². The molecule has 0 aromatic heterocycles. The van der Waals surface area contributed by atoms with Gasteiger partial charge in [0.25, 0.3) is 0 Å². The Hall–Kier alpha value is -1.18. The van der Waals surface area contributed by atoms with Crippen LogP contribution in [0.2, 0.25) is 0 Å². The minimum Gasteiger partial charge on any atom is -0.504 e. The van der Waals surface area contributed by atoms with Gasteiger partial charge in [0.1, 0.15) is 0 Å². The SMILES string of the molecule is Cc1cc2c(c(O)c1O)[C@H](C)CC[C@@H]2C(C)C. The number of aryl methyl sites for hydroxylation is 1. The fraction of sp³-hybridized carbons (Fsp3) is 0.600. The second kappa shape index (κ2) is 4.25. The van der Waals surface area contributed by atoms with Crippen LogP contribution in [-0.4, -0.2) is 10.2 Å². The third kappa shape index (κ3) is 1.90. The number of benzene rings is 1. The summed E-state index contributed by atoms with van der Waals surface area (Å²) in [6.45, 7) is 8.43. The van der Waals surface area contributed by atoms with Crippen molar-refractivity contribution in [2.75, 3.05) is 0 Å². The van der Waals surface area contributed by atoms with Crippen molar-refractivity contribution in [3.8, 4) is 11.5 Å². The summed E-state index contributed by atoms with van der Waals surface area (Å²) in [4.78, 5) is 0. The van der Waals surface area contributed by atoms with Gasteiger partial charge in [-0.3, -0.25) is 0 Å². The lowest BCUT2D eigenvalue weighted by molar-refractivity contribution is 0.367. The lowest BCUT2D eigenvalue weighted by atomic mass is 9.72. The van der Waals surface area contributed by atoms with E-state index >= 15 is 0 Å². The molecule has 94 valence electrons. The highest BCUT2D eigenvalue weighted by atomic mass is 16.3. The summed E-state index contributed by atoms with van der Waals surface area (Å²) in [6, 6.07) is 2.06. The molecule has 1 aliphatic carbocycles. The van der Waals surface area contributed by atoms with Gasteiger partial charge in [-0.15, -0.1) is 0 Å². The molecule has 0 bridgehead atoms. The molecule has 2 rings (SSSR count). The van der Waals surface area contributed by atoms with Crippen LogP contribution >= 0.6 is 0 Å². The van der Waals surface area contributed by atoms with Crippen molar-refractivity contribution in [2.24, 2.45) is 5.92 Å². The van der Waals surface area contributed by atoms with Gasteiger partial charge in [0, 0.05) is 5.56 Å². The van der Waals surface area contributed by atoms with Crippen molar-refractivity contribution in [1.29, 1.82) is 0 Å². The molecule has 17 heavy (non-hydrogen) atoms. The smallest absolute Gasteiger partial charge is 0.161 e. The monoisotopic (exact) mass is 234 g/mol. The number of fused-ring (bicyclic) bond motifs is 1. The highest BCUT2D eigenvalue weighted by Gasteiger charge is 2.30. The summed E-state index contributed by atoms with van der Waals surface area (Å²) in [5, 5.41) is 20.0. The first-order valence-corrected chi connectivity index (χ1v) is 6.48. The first kappa shape index (κ1) is 12.3. The number of hydrogen-bond acceptors (Lipinski definition) is 2. The minimum absolute atomic E-state index is 0.0556. The van der Waals surface area contributed by atoms with Crippen LogP contribution in [0.4, 0.5) is 0 Å². The molecule has 0 heterocycles. The van der Waals surface area contributed by atoms with Gasteiger partial charge >= 0.3 is 0 Å². The lowest BCUT2D eigenvalue weighted by Crippen LogP contribution is -2.17. The summed E-state index contributed by atoms with van der Waals surface area (Å²) < 4.78 is 0. The van der Waals surface area contributed by atoms with Crippen LogP contribution in [0.1, 0.15) is 62.1 Å². The van der Waals surface area contributed by atoms with Crippen molar-refractivity contribution in [3.05, 3.63) is 22.8 Å². The topological polar surface area (TPSA) is 40.5 Å². The molecule has 0 unspecified atom stereocenters. The van der Waals surface area contributed by atoms with Gasteiger partial charge in [0.15, 0.2) is 11.5 Å². The maximum atomic E-state index is 10.1. The molecule has 2 heteroatoms. The van der Waals surface area contributed by atoms with Crippen molar-refractivity contribution in [2.45, 2.75) is 52.4 Å². The number of phenolic OH excluding ortho intramolecular Hbond substituents is 2. The highest BCUT2D eigenvalue weighted by molar-refractivity contribution is 5.56. The van der Waals surface area contributed by atoms with Crippen LogP contribution in [0, 0.1) is 12.8 Å². The summed E-state index contributed by atoms with van der Waals surface area (Å²) in [7, 11) is 0. The van der Waals surface area contributed by atoms with Crippen LogP contribution in [0.15, 0.2) is 6.07 Å². The van der Waals surface area contributed by atoms with Crippen LogP contribution in [0.5, 0.6) is 11.5 Å². The molecule has 0 spiro atoms. The molecule has 0 saturated heterocycles. The molecular weight excluding hydrogens is 212 g/mol. The number of rotatable bonds is 1. The van der Waals surface area contributed by atoms with Crippen LogP contribution in [0.3, 0.4) is 0 Å². The van der Waals surface area contributed by atoms with Crippen LogP contribution < -0.4 is 0 Å². The summed E-state index contributed by atoms with van der Waals surface area (Å²) >= 11 is 0. The van der Waals surface area contributed by atoms with Gasteiger partial charge < -0.3 is 10.2 Å². The Bertz CT molecular complexity index is 435. The Morgan fingerprint density at radius 3 is 2.41 bits per heavy atom. The van der Waals surface area contributed by atoms with E-state index in [1.807, 2.05) is 6.92 Å². The second-order valence-electron chi connectivity index (χ2n) is 5.72. The average molecular weight is 234 g/mol. The number of aromatic hydroxyl groups is 2. The first-order chi connectivity index (χ1) is 7.93. The molecule has 1 aromatic rings. The van der Waals surface area contributed by atoms with E-state index in [9.17, 15) is 10.2 Å². The van der Waals surface area contributed by atoms with E-state index in [2.05, 4.69) is 26.8 Å². The zero-order valence-corrected chi connectivity index (χ0v) is 11.1. The van der Waals surface area contributed by atoms with E-state index in [1.165, 1.54) is 12.0 Å². The maximum Gasteiger partial charge on any atom is 0.161 e. The van der Waals surface area contributed by atoms with E-state index in [4.69, 9.17) is 0 Å². The quantitative estimate of drug-likeness (QED) is 0.720. The normalized spacial score (nSPS) is 23.8. The molecule has 0 amide bonds. The third-order valence-electron chi connectivity index (χ3n) is 4.14. The molecule has 2 atom stereocenters. The largest absolute Gasteiger partial charge is 0.504 e. The molecule has 0 aliphatic heterocycles. The van der Waals surface area contributed by atoms with Crippen molar-refractivity contribution < 1.29 is 10.2 Å². The Morgan fingerprint density at radius 2 is 1.82 bits per heavy atom. The Balaban J connectivity index is 2.63. The fourth-order valence-corrected chi connectivity index (χ4v) is 3.08. The van der Waals surface area contributed by atoms with Gasteiger partial charge in [-0.25, -0.2) is 0 Å². The molecule has 0 saturated carbocycles. The summed E-state index contributed by atoms with van der Waals surface area (Å²) in [6.07, 6.45) is 2.27. The van der Waals surface area contributed by atoms with E-state index in [0.29, 0.717) is 17.8 Å². The van der Waals surface area contributed by atoms with Crippen LogP contribution in [-0.2, 0) is 0 Å². The first-order valence-electron chi connectivity index (χ1n) is 6.48. The van der Waals surface area contributed by atoms with E-state index in [0.717, 1.165) is 17.5 Å². The Morgan fingerprint density at radius 1 is 1.18 bits per heavy atom. The Kier molecular flexibility index (Phi) is 3.07. The number of hydrogen-bond donors (Lipinski definition) is 2. The predicted molar refractivity (Wildman–Crippen MR) is 69.7 cm³/mol. The van der Waals surface area contributed by atoms with Gasteiger partial charge in [-0.05, 0) is 48.6 Å². The van der Waals surface area contributed by atoms with Crippen molar-refractivity contribution in [3.63, 3.8) is 0 Å².